The van der Waals surface area contributed by atoms with Gasteiger partial charge in [0, 0.05) is 31.5 Å². The maximum absolute atomic E-state index is 13.1. The molecule has 0 aliphatic carbocycles. The van der Waals surface area contributed by atoms with Gasteiger partial charge in [-0.2, -0.15) is 0 Å². The van der Waals surface area contributed by atoms with Gasteiger partial charge in [-0.3, -0.25) is 14.3 Å². The average molecular weight is 454 g/mol. The average Bonchev–Trinajstić information content (AvgIpc) is 3.29. The predicted octanol–water partition coefficient (Wildman–Crippen LogP) is 3.27. The largest absolute Gasteiger partial charge is 0.383 e. The lowest BCUT2D eigenvalue weighted by Crippen LogP contribution is -2.25. The summed E-state index contributed by atoms with van der Waals surface area (Å²) in [6.45, 7) is 1.76. The molecule has 5 aromatic rings. The summed E-state index contributed by atoms with van der Waals surface area (Å²) in [4.78, 5) is 34.6. The van der Waals surface area contributed by atoms with Crippen LogP contribution >= 0.6 is 0 Å². The molecule has 1 amide bonds. The minimum atomic E-state index is -0.455. The van der Waals surface area contributed by atoms with Gasteiger partial charge >= 0.3 is 0 Å². The molecular weight excluding hydrogens is 430 g/mol. The van der Waals surface area contributed by atoms with E-state index in [1.165, 1.54) is 11.0 Å². The van der Waals surface area contributed by atoms with Crippen molar-refractivity contribution >= 4 is 28.4 Å². The van der Waals surface area contributed by atoms with Crippen LogP contribution in [0.4, 0.5) is 11.5 Å². The quantitative estimate of drug-likeness (QED) is 0.434. The number of nitrogens with one attached hydrogen (secondary N) is 1. The number of anilines is 2. The van der Waals surface area contributed by atoms with Crippen molar-refractivity contribution < 1.29 is 4.79 Å². The molecule has 0 aliphatic heterocycles. The second-order valence-corrected chi connectivity index (χ2v) is 8.08. The van der Waals surface area contributed by atoms with Crippen LogP contribution in [0.2, 0.25) is 0 Å². The molecule has 0 aliphatic rings. The molecule has 0 atom stereocenters. The third-order valence-corrected chi connectivity index (χ3v) is 6.02. The smallest absolute Gasteiger partial charge is 0.284 e. The molecule has 0 bridgehead atoms. The van der Waals surface area contributed by atoms with Crippen molar-refractivity contribution in [3.05, 3.63) is 88.7 Å². The Morgan fingerprint density at radius 1 is 1.00 bits per heavy atom. The number of nitrogens with two attached hydrogens (primary N) is 1. The first-order valence-corrected chi connectivity index (χ1v) is 10.7. The fourth-order valence-corrected chi connectivity index (χ4v) is 4.21. The Labute approximate surface area is 195 Å². The van der Waals surface area contributed by atoms with Crippen LogP contribution in [0.1, 0.15) is 16.1 Å². The zero-order chi connectivity index (χ0) is 24.0. The summed E-state index contributed by atoms with van der Waals surface area (Å²) in [6.07, 6.45) is 3.39. The topological polar surface area (TPSA) is 113 Å². The van der Waals surface area contributed by atoms with E-state index in [4.69, 9.17) is 5.73 Å². The number of carbonyl (C=O) groups excluding carboxylic acids is 1. The first kappa shape index (κ1) is 21.2. The van der Waals surface area contributed by atoms with Gasteiger partial charge in [-0.05, 0) is 36.8 Å². The van der Waals surface area contributed by atoms with Gasteiger partial charge in [0.1, 0.15) is 23.4 Å². The third-order valence-electron chi connectivity index (χ3n) is 6.02. The van der Waals surface area contributed by atoms with E-state index in [1.807, 2.05) is 60.3 Å². The number of amides is 1. The molecule has 0 radical (unpaired) electrons. The van der Waals surface area contributed by atoms with Gasteiger partial charge < -0.3 is 15.6 Å². The van der Waals surface area contributed by atoms with Crippen molar-refractivity contribution in [2.24, 2.45) is 14.1 Å². The SMILES string of the molecule is Cc1c(C(=O)Nc2ccc(-c3cn(C)c4ncnc(N)c34)cc2)c(=O)n(-c2ccccc2)n1C. The van der Waals surface area contributed by atoms with Gasteiger partial charge in [-0.15, -0.1) is 0 Å². The normalized spacial score (nSPS) is 11.1. The fraction of sp³-hybridized carbons (Fsp3) is 0.120. The van der Waals surface area contributed by atoms with E-state index in [-0.39, 0.29) is 11.1 Å². The number of fused-ring (bicyclic) bond motifs is 1. The lowest BCUT2D eigenvalue weighted by atomic mass is 10.1. The van der Waals surface area contributed by atoms with Gasteiger partial charge in [0.2, 0.25) is 0 Å². The maximum Gasteiger partial charge on any atom is 0.284 e. The Bertz CT molecular complexity index is 1590. The van der Waals surface area contributed by atoms with E-state index in [2.05, 4.69) is 15.3 Å². The number of nitrogens with zero attached hydrogens (tertiary/aromatic N) is 5. The van der Waals surface area contributed by atoms with Gasteiger partial charge in [-0.25, -0.2) is 14.6 Å². The first-order valence-electron chi connectivity index (χ1n) is 10.7. The van der Waals surface area contributed by atoms with E-state index in [1.54, 1.807) is 30.8 Å². The van der Waals surface area contributed by atoms with Crippen LogP contribution in [-0.4, -0.2) is 29.8 Å². The molecule has 34 heavy (non-hydrogen) atoms. The predicted molar refractivity (Wildman–Crippen MR) is 132 cm³/mol. The standard InChI is InChI=1S/C25H23N7O2/c1-15-20(25(34)32(31(15)3)18-7-5-4-6-8-18)24(33)29-17-11-9-16(10-12-17)19-13-30(2)23-21(19)22(26)27-14-28-23/h4-14H,1-3H3,(H,29,33)(H2,26,27,28). The van der Waals surface area contributed by atoms with E-state index in [0.717, 1.165) is 22.2 Å². The molecular formula is C25H23N7O2. The monoisotopic (exact) mass is 453 g/mol. The lowest BCUT2D eigenvalue weighted by molar-refractivity contribution is 0.102. The number of rotatable bonds is 4. The first-order chi connectivity index (χ1) is 16.4. The van der Waals surface area contributed by atoms with Crippen molar-refractivity contribution in [3.63, 3.8) is 0 Å². The number of aromatic nitrogens is 5. The summed E-state index contributed by atoms with van der Waals surface area (Å²) in [5, 5.41) is 3.62. The van der Waals surface area contributed by atoms with Crippen LogP contribution in [0.3, 0.4) is 0 Å². The highest BCUT2D eigenvalue weighted by atomic mass is 16.2. The number of nitrogen functional groups attached to an aromatic ring is 1. The molecule has 3 N–H and O–H groups in total. The Morgan fingerprint density at radius 3 is 2.41 bits per heavy atom. The summed E-state index contributed by atoms with van der Waals surface area (Å²) in [7, 11) is 3.66. The number of aryl methyl sites for hydroxylation is 1. The number of benzene rings is 2. The van der Waals surface area contributed by atoms with Crippen molar-refractivity contribution in [1.82, 2.24) is 23.9 Å². The van der Waals surface area contributed by atoms with Gasteiger partial charge in [-0.1, -0.05) is 30.3 Å². The van der Waals surface area contributed by atoms with E-state index in [9.17, 15) is 9.59 Å². The summed E-state index contributed by atoms with van der Waals surface area (Å²) >= 11 is 0. The summed E-state index contributed by atoms with van der Waals surface area (Å²) in [6, 6.07) is 16.6. The second kappa shape index (κ2) is 8.04. The molecule has 0 unspecified atom stereocenters. The zero-order valence-electron chi connectivity index (χ0n) is 19.0. The molecule has 0 spiro atoms. The van der Waals surface area contributed by atoms with Gasteiger partial charge in [0.05, 0.1) is 16.8 Å². The van der Waals surface area contributed by atoms with Crippen LogP contribution in [0.5, 0.6) is 0 Å². The van der Waals surface area contributed by atoms with Crippen molar-refractivity contribution in [3.8, 4) is 16.8 Å². The second-order valence-electron chi connectivity index (χ2n) is 8.08. The van der Waals surface area contributed by atoms with Crippen LogP contribution in [0, 0.1) is 6.92 Å². The highest BCUT2D eigenvalue weighted by Gasteiger charge is 2.22. The molecule has 3 aromatic heterocycles. The van der Waals surface area contributed by atoms with Gasteiger partial charge in [0.25, 0.3) is 11.5 Å². The summed E-state index contributed by atoms with van der Waals surface area (Å²) < 4.78 is 5.07. The molecule has 5 rings (SSSR count). The van der Waals surface area contributed by atoms with Crippen molar-refractivity contribution in [2.75, 3.05) is 11.1 Å². The van der Waals surface area contributed by atoms with Gasteiger partial charge in [0.15, 0.2) is 0 Å². The van der Waals surface area contributed by atoms with Crippen LogP contribution in [-0.2, 0) is 14.1 Å². The number of para-hydroxylation sites is 1. The molecule has 3 heterocycles. The third kappa shape index (κ3) is 3.34. The van der Waals surface area contributed by atoms with Crippen molar-refractivity contribution in [2.45, 2.75) is 6.92 Å². The van der Waals surface area contributed by atoms with E-state index in [0.29, 0.717) is 22.9 Å². The molecule has 0 saturated heterocycles. The molecule has 9 heteroatoms. The molecule has 0 fully saturated rings. The molecule has 170 valence electrons. The van der Waals surface area contributed by atoms with Crippen LogP contribution in [0.15, 0.2) is 71.9 Å². The minimum Gasteiger partial charge on any atom is -0.383 e. The maximum atomic E-state index is 13.1. The number of hydrogen-bond donors (Lipinski definition) is 2. The van der Waals surface area contributed by atoms with Crippen LogP contribution < -0.4 is 16.6 Å². The highest BCUT2D eigenvalue weighted by Crippen LogP contribution is 2.32. The Hall–Kier alpha value is -4.66. The Kier molecular flexibility index (Phi) is 5.01. The molecule has 9 nitrogen and oxygen atoms in total. The fourth-order valence-electron chi connectivity index (χ4n) is 4.21. The number of carbonyl (C=O) groups is 1. The number of hydrogen-bond acceptors (Lipinski definition) is 5. The summed E-state index contributed by atoms with van der Waals surface area (Å²) in [5.74, 6) is -0.0458. The Balaban J connectivity index is 1.45. The van der Waals surface area contributed by atoms with E-state index < -0.39 is 5.91 Å². The van der Waals surface area contributed by atoms with E-state index >= 15 is 0 Å². The van der Waals surface area contributed by atoms with Crippen molar-refractivity contribution in [1.29, 1.82) is 0 Å². The summed E-state index contributed by atoms with van der Waals surface area (Å²) in [5.41, 5.74) is 10.2. The lowest BCUT2D eigenvalue weighted by Gasteiger charge is -2.07. The molecule has 2 aromatic carbocycles. The molecule has 0 saturated carbocycles. The highest BCUT2D eigenvalue weighted by molar-refractivity contribution is 6.05. The van der Waals surface area contributed by atoms with Crippen LogP contribution in [0.25, 0.3) is 27.8 Å². The zero-order valence-corrected chi connectivity index (χ0v) is 19.0. The minimum absolute atomic E-state index is 0.106. The Morgan fingerprint density at radius 2 is 1.71 bits per heavy atom.